The van der Waals surface area contributed by atoms with Crippen LogP contribution in [-0.4, -0.2) is 41.0 Å². The molecule has 1 N–H and O–H groups in total. The van der Waals surface area contributed by atoms with Crippen LogP contribution in [0.15, 0.2) is 30.3 Å². The van der Waals surface area contributed by atoms with Gasteiger partial charge in [-0.1, -0.05) is 30.3 Å². The number of aliphatic hydroxyl groups is 1. The van der Waals surface area contributed by atoms with Gasteiger partial charge in [0.05, 0.1) is 6.10 Å². The Morgan fingerprint density at radius 1 is 1.33 bits per heavy atom. The van der Waals surface area contributed by atoms with E-state index in [2.05, 4.69) is 0 Å². The molecule has 0 radical (unpaired) electrons. The first kappa shape index (κ1) is 15.6. The van der Waals surface area contributed by atoms with Crippen LogP contribution in [0, 0.1) is 0 Å². The highest BCUT2D eigenvalue weighted by Crippen LogP contribution is 2.32. The molecule has 4 nitrogen and oxygen atoms in total. The SMILES string of the molecule is O=C(OCc1ccccc1)N1CC[C@@H](O)C[C@@H]1C(F)(F)F. The second-order valence-electron chi connectivity index (χ2n) is 4.97. The lowest BCUT2D eigenvalue weighted by molar-refractivity contribution is -0.194. The summed E-state index contributed by atoms with van der Waals surface area (Å²) in [6, 6.07) is 6.72. The minimum Gasteiger partial charge on any atom is -0.445 e. The molecule has 0 aromatic heterocycles. The summed E-state index contributed by atoms with van der Waals surface area (Å²) in [5.74, 6) is 0. The number of amides is 1. The molecule has 1 aliphatic rings. The normalized spacial score (nSPS) is 23.0. The molecule has 21 heavy (non-hydrogen) atoms. The average Bonchev–Trinajstić information content (AvgIpc) is 2.45. The smallest absolute Gasteiger partial charge is 0.410 e. The molecule has 0 aliphatic carbocycles. The maximum Gasteiger partial charge on any atom is 0.410 e. The Kier molecular flexibility index (Phi) is 4.72. The lowest BCUT2D eigenvalue weighted by atomic mass is 9.99. The molecule has 1 aromatic carbocycles. The third kappa shape index (κ3) is 4.10. The van der Waals surface area contributed by atoms with Gasteiger partial charge in [0.15, 0.2) is 0 Å². The fourth-order valence-electron chi connectivity index (χ4n) is 2.28. The molecule has 1 aliphatic heterocycles. The number of likely N-dealkylation sites (tertiary alicyclic amines) is 1. The topological polar surface area (TPSA) is 49.8 Å². The molecule has 1 saturated heterocycles. The molecule has 7 heteroatoms. The van der Waals surface area contributed by atoms with E-state index in [1.165, 1.54) is 0 Å². The molecule has 2 rings (SSSR count). The van der Waals surface area contributed by atoms with Gasteiger partial charge in [-0.25, -0.2) is 4.79 Å². The number of hydrogen-bond acceptors (Lipinski definition) is 3. The van der Waals surface area contributed by atoms with E-state index in [9.17, 15) is 23.1 Å². The molecule has 116 valence electrons. The molecule has 0 unspecified atom stereocenters. The number of halogens is 3. The van der Waals surface area contributed by atoms with Crippen LogP contribution in [0.4, 0.5) is 18.0 Å². The maximum atomic E-state index is 12.9. The number of nitrogens with zero attached hydrogens (tertiary/aromatic N) is 1. The summed E-state index contributed by atoms with van der Waals surface area (Å²) in [5.41, 5.74) is 0.700. The Morgan fingerprint density at radius 2 is 2.00 bits per heavy atom. The second kappa shape index (κ2) is 6.34. The molecule has 0 saturated carbocycles. The summed E-state index contributed by atoms with van der Waals surface area (Å²) >= 11 is 0. The van der Waals surface area contributed by atoms with Crippen molar-refractivity contribution >= 4 is 6.09 Å². The average molecular weight is 303 g/mol. The van der Waals surface area contributed by atoms with Crippen LogP contribution in [0.5, 0.6) is 0 Å². The Balaban J connectivity index is 1.99. The fraction of sp³-hybridized carbons (Fsp3) is 0.500. The van der Waals surface area contributed by atoms with Crippen LogP contribution < -0.4 is 0 Å². The van der Waals surface area contributed by atoms with E-state index in [4.69, 9.17) is 4.74 Å². The van der Waals surface area contributed by atoms with Crippen molar-refractivity contribution in [3.05, 3.63) is 35.9 Å². The van der Waals surface area contributed by atoms with Crippen molar-refractivity contribution in [2.45, 2.75) is 37.8 Å². The number of alkyl halides is 3. The number of benzene rings is 1. The predicted molar refractivity (Wildman–Crippen MR) is 68.4 cm³/mol. The summed E-state index contributed by atoms with van der Waals surface area (Å²) in [6.07, 6.45) is -7.02. The lowest BCUT2D eigenvalue weighted by Gasteiger charge is -2.37. The van der Waals surface area contributed by atoms with Crippen LogP contribution in [0.3, 0.4) is 0 Å². The molecule has 1 aromatic rings. The van der Waals surface area contributed by atoms with Crippen molar-refractivity contribution < 1.29 is 27.8 Å². The number of carbonyl (C=O) groups is 1. The van der Waals surface area contributed by atoms with E-state index >= 15 is 0 Å². The molecule has 1 fully saturated rings. The Hall–Kier alpha value is -1.76. The molecular weight excluding hydrogens is 287 g/mol. The van der Waals surface area contributed by atoms with Gasteiger partial charge in [-0.2, -0.15) is 13.2 Å². The fourth-order valence-corrected chi connectivity index (χ4v) is 2.28. The first-order chi connectivity index (χ1) is 9.88. The van der Waals surface area contributed by atoms with Crippen LogP contribution in [0.25, 0.3) is 0 Å². The van der Waals surface area contributed by atoms with Crippen molar-refractivity contribution in [3.8, 4) is 0 Å². The minimum absolute atomic E-state index is 0.0801. The van der Waals surface area contributed by atoms with Crippen molar-refractivity contribution in [3.63, 3.8) is 0 Å². The lowest BCUT2D eigenvalue weighted by Crippen LogP contribution is -2.54. The van der Waals surface area contributed by atoms with Gasteiger partial charge in [0.2, 0.25) is 0 Å². The van der Waals surface area contributed by atoms with Gasteiger partial charge < -0.3 is 9.84 Å². The van der Waals surface area contributed by atoms with Crippen LogP contribution in [0.1, 0.15) is 18.4 Å². The van der Waals surface area contributed by atoms with Gasteiger partial charge in [-0.15, -0.1) is 0 Å². The Morgan fingerprint density at radius 3 is 2.62 bits per heavy atom. The quantitative estimate of drug-likeness (QED) is 0.914. The number of piperidine rings is 1. The number of hydrogen-bond donors (Lipinski definition) is 1. The van der Waals surface area contributed by atoms with Crippen molar-refractivity contribution in [2.75, 3.05) is 6.54 Å². The summed E-state index contributed by atoms with van der Waals surface area (Å²) in [4.78, 5) is 12.5. The van der Waals surface area contributed by atoms with Crippen molar-refractivity contribution in [1.82, 2.24) is 4.90 Å². The van der Waals surface area contributed by atoms with Crippen molar-refractivity contribution in [1.29, 1.82) is 0 Å². The molecule has 0 bridgehead atoms. The maximum absolute atomic E-state index is 12.9. The van der Waals surface area contributed by atoms with E-state index in [1.807, 2.05) is 0 Å². The predicted octanol–water partition coefficient (Wildman–Crippen LogP) is 2.71. The van der Waals surface area contributed by atoms with E-state index in [1.54, 1.807) is 30.3 Å². The largest absolute Gasteiger partial charge is 0.445 e. The summed E-state index contributed by atoms with van der Waals surface area (Å²) < 4.78 is 43.7. The standard InChI is InChI=1S/C14H16F3NO3/c15-14(16,17)12-8-11(19)6-7-18(12)13(20)21-9-10-4-2-1-3-5-10/h1-5,11-12,19H,6-9H2/t11-,12-/m1/s1. The number of aliphatic hydroxyl groups excluding tert-OH is 1. The van der Waals surface area contributed by atoms with E-state index in [0.717, 1.165) is 0 Å². The second-order valence-corrected chi connectivity index (χ2v) is 4.97. The van der Waals surface area contributed by atoms with Crippen LogP contribution in [0.2, 0.25) is 0 Å². The minimum atomic E-state index is -4.58. The summed E-state index contributed by atoms with van der Waals surface area (Å²) in [6.45, 7) is -0.248. The highest BCUT2D eigenvalue weighted by Gasteiger charge is 2.48. The molecule has 2 atom stereocenters. The van der Waals surface area contributed by atoms with E-state index in [-0.39, 0.29) is 19.6 Å². The Bertz CT molecular complexity index is 478. The number of rotatable bonds is 2. The number of ether oxygens (including phenoxy) is 1. The molecule has 0 spiro atoms. The monoisotopic (exact) mass is 303 g/mol. The Labute approximate surface area is 120 Å². The number of carbonyl (C=O) groups excluding carboxylic acids is 1. The zero-order chi connectivity index (χ0) is 15.5. The van der Waals surface area contributed by atoms with E-state index in [0.29, 0.717) is 10.5 Å². The molecule has 1 amide bonds. The first-order valence-electron chi connectivity index (χ1n) is 6.60. The third-order valence-corrected chi connectivity index (χ3v) is 3.39. The molecular formula is C14H16F3NO3. The van der Waals surface area contributed by atoms with E-state index < -0.39 is 30.8 Å². The zero-order valence-electron chi connectivity index (χ0n) is 11.2. The van der Waals surface area contributed by atoms with Crippen molar-refractivity contribution in [2.24, 2.45) is 0 Å². The summed E-state index contributed by atoms with van der Waals surface area (Å²) in [7, 11) is 0. The van der Waals surface area contributed by atoms with Crippen LogP contribution in [-0.2, 0) is 11.3 Å². The van der Waals surface area contributed by atoms with Gasteiger partial charge in [0.25, 0.3) is 0 Å². The highest BCUT2D eigenvalue weighted by atomic mass is 19.4. The van der Waals surface area contributed by atoms with Crippen LogP contribution >= 0.6 is 0 Å². The van der Waals surface area contributed by atoms with Gasteiger partial charge in [0.1, 0.15) is 12.6 Å². The van der Waals surface area contributed by atoms with Gasteiger partial charge in [-0.3, -0.25) is 4.90 Å². The third-order valence-electron chi connectivity index (χ3n) is 3.39. The summed E-state index contributed by atoms with van der Waals surface area (Å²) in [5, 5.41) is 9.37. The van der Waals surface area contributed by atoms with Gasteiger partial charge in [0, 0.05) is 13.0 Å². The first-order valence-corrected chi connectivity index (χ1v) is 6.60. The molecule has 1 heterocycles. The van der Waals surface area contributed by atoms with Gasteiger partial charge >= 0.3 is 12.3 Å². The highest BCUT2D eigenvalue weighted by molar-refractivity contribution is 5.68. The zero-order valence-corrected chi connectivity index (χ0v) is 11.2. The van der Waals surface area contributed by atoms with Gasteiger partial charge in [-0.05, 0) is 12.0 Å².